The van der Waals surface area contributed by atoms with E-state index in [2.05, 4.69) is 4.74 Å². The molecular formula is C10H18O5. The van der Waals surface area contributed by atoms with Crippen LogP contribution in [0.15, 0.2) is 11.6 Å². The number of rotatable bonds is 2. The molecule has 0 aromatic heterocycles. The molecule has 3 atom stereocenters. The van der Waals surface area contributed by atoms with Crippen molar-refractivity contribution in [2.45, 2.75) is 32.2 Å². The Morgan fingerprint density at radius 2 is 2.07 bits per heavy atom. The summed E-state index contributed by atoms with van der Waals surface area (Å²) < 4.78 is 9.45. The lowest BCUT2D eigenvalue weighted by atomic mass is 9.92. The number of methoxy groups -OCH3 is 2. The van der Waals surface area contributed by atoms with Crippen molar-refractivity contribution in [3.63, 3.8) is 0 Å². The molecule has 2 N–H and O–H groups in total. The van der Waals surface area contributed by atoms with Gasteiger partial charge in [0.15, 0.2) is 0 Å². The number of aliphatic hydroxyl groups excluding tert-OH is 2. The topological polar surface area (TPSA) is 76.0 Å². The van der Waals surface area contributed by atoms with Crippen molar-refractivity contribution < 1.29 is 24.5 Å². The highest BCUT2D eigenvalue weighted by Crippen LogP contribution is 2.22. The number of hydrogen-bond acceptors (Lipinski definition) is 5. The van der Waals surface area contributed by atoms with Crippen LogP contribution >= 0.6 is 0 Å². The summed E-state index contributed by atoms with van der Waals surface area (Å²) in [6.45, 7) is 0. The van der Waals surface area contributed by atoms with Crippen LogP contribution in [0.4, 0.5) is 0 Å². The standard InChI is InChI=1S/C9H14O5.CH4/c1-13-7-4-5(9(12)14-2)3-6(10)8(7)11;/h3,6-8,10-11H,4H2,1-2H3;1H4. The van der Waals surface area contributed by atoms with Crippen molar-refractivity contribution in [1.29, 1.82) is 0 Å². The van der Waals surface area contributed by atoms with E-state index < -0.39 is 24.3 Å². The summed E-state index contributed by atoms with van der Waals surface area (Å²) in [5, 5.41) is 18.8. The van der Waals surface area contributed by atoms with Gasteiger partial charge in [-0.2, -0.15) is 0 Å². The van der Waals surface area contributed by atoms with E-state index in [1.165, 1.54) is 20.3 Å². The highest BCUT2D eigenvalue weighted by Gasteiger charge is 2.33. The van der Waals surface area contributed by atoms with Crippen molar-refractivity contribution in [3.8, 4) is 0 Å². The van der Waals surface area contributed by atoms with Crippen molar-refractivity contribution in [3.05, 3.63) is 11.6 Å². The summed E-state index contributed by atoms with van der Waals surface area (Å²) >= 11 is 0. The Hall–Kier alpha value is -0.910. The highest BCUT2D eigenvalue weighted by atomic mass is 16.5. The van der Waals surface area contributed by atoms with Crippen molar-refractivity contribution in [2.24, 2.45) is 0 Å². The van der Waals surface area contributed by atoms with Gasteiger partial charge >= 0.3 is 5.97 Å². The fourth-order valence-corrected chi connectivity index (χ4v) is 1.44. The first-order valence-corrected chi connectivity index (χ1v) is 4.28. The number of carbonyl (C=O) groups excluding carboxylic acids is 1. The van der Waals surface area contributed by atoms with Crippen LogP contribution in [0.1, 0.15) is 13.8 Å². The van der Waals surface area contributed by atoms with Gasteiger partial charge in [-0.05, 0) is 6.08 Å². The first-order valence-electron chi connectivity index (χ1n) is 4.28. The number of hydrogen-bond donors (Lipinski definition) is 2. The van der Waals surface area contributed by atoms with Gasteiger partial charge in [0.25, 0.3) is 0 Å². The lowest BCUT2D eigenvalue weighted by molar-refractivity contribution is -0.138. The molecule has 0 aromatic rings. The van der Waals surface area contributed by atoms with E-state index in [9.17, 15) is 15.0 Å². The fourth-order valence-electron chi connectivity index (χ4n) is 1.44. The molecule has 0 fully saturated rings. The van der Waals surface area contributed by atoms with Crippen LogP contribution in [0.2, 0.25) is 0 Å². The first kappa shape index (κ1) is 14.1. The second-order valence-electron chi connectivity index (χ2n) is 3.14. The van der Waals surface area contributed by atoms with Gasteiger partial charge in [-0.25, -0.2) is 4.79 Å². The van der Waals surface area contributed by atoms with E-state index >= 15 is 0 Å². The van der Waals surface area contributed by atoms with Crippen LogP contribution < -0.4 is 0 Å². The molecule has 0 radical (unpaired) electrons. The van der Waals surface area contributed by atoms with E-state index in [0.717, 1.165) is 0 Å². The molecular weight excluding hydrogens is 200 g/mol. The Balaban J connectivity index is 0.00000196. The molecule has 0 amide bonds. The molecule has 0 bridgehead atoms. The third-order valence-corrected chi connectivity index (χ3v) is 2.27. The molecule has 0 heterocycles. The number of aliphatic hydroxyl groups is 2. The van der Waals surface area contributed by atoms with E-state index in [4.69, 9.17) is 4.74 Å². The summed E-state index contributed by atoms with van der Waals surface area (Å²) in [5.74, 6) is -0.502. The zero-order valence-corrected chi connectivity index (χ0v) is 8.14. The molecule has 0 saturated heterocycles. The van der Waals surface area contributed by atoms with Gasteiger partial charge in [0.1, 0.15) is 12.2 Å². The van der Waals surface area contributed by atoms with Gasteiger partial charge in [0.2, 0.25) is 0 Å². The summed E-state index contributed by atoms with van der Waals surface area (Å²) in [5.41, 5.74) is 0.331. The van der Waals surface area contributed by atoms with Crippen LogP contribution in [-0.4, -0.2) is 48.7 Å². The normalized spacial score (nSPS) is 30.1. The quantitative estimate of drug-likeness (QED) is 0.631. The van der Waals surface area contributed by atoms with E-state index in [1.54, 1.807) is 0 Å². The predicted octanol–water partition coefficient (Wildman–Crippen LogP) is -0.138. The van der Waals surface area contributed by atoms with Crippen molar-refractivity contribution >= 4 is 5.97 Å². The minimum Gasteiger partial charge on any atom is -0.466 e. The molecule has 15 heavy (non-hydrogen) atoms. The Kier molecular flexibility index (Phi) is 5.49. The van der Waals surface area contributed by atoms with Gasteiger partial charge in [-0.1, -0.05) is 7.43 Å². The maximum absolute atomic E-state index is 11.1. The molecule has 1 aliphatic rings. The third kappa shape index (κ3) is 3.02. The summed E-state index contributed by atoms with van der Waals surface area (Å²) in [4.78, 5) is 11.1. The maximum Gasteiger partial charge on any atom is 0.333 e. The Morgan fingerprint density at radius 3 is 2.53 bits per heavy atom. The molecule has 0 aliphatic heterocycles. The largest absolute Gasteiger partial charge is 0.466 e. The molecule has 5 heteroatoms. The number of carbonyl (C=O) groups is 1. The summed E-state index contributed by atoms with van der Waals surface area (Å²) in [7, 11) is 2.68. The van der Waals surface area contributed by atoms with Gasteiger partial charge in [0, 0.05) is 19.1 Å². The zero-order valence-electron chi connectivity index (χ0n) is 8.14. The minimum atomic E-state index is -1.08. The summed E-state index contributed by atoms with van der Waals surface area (Å²) in [6.07, 6.45) is -1.09. The average molecular weight is 218 g/mol. The molecule has 0 aromatic carbocycles. The number of esters is 1. The van der Waals surface area contributed by atoms with Crippen LogP contribution in [0.25, 0.3) is 0 Å². The third-order valence-electron chi connectivity index (χ3n) is 2.27. The molecule has 3 unspecified atom stereocenters. The van der Waals surface area contributed by atoms with E-state index in [0.29, 0.717) is 5.57 Å². The minimum absolute atomic E-state index is 0. The second kappa shape index (κ2) is 5.85. The smallest absolute Gasteiger partial charge is 0.333 e. The average Bonchev–Trinajstić information content (AvgIpc) is 2.20. The predicted molar refractivity (Wildman–Crippen MR) is 54.3 cm³/mol. The lowest BCUT2D eigenvalue weighted by Crippen LogP contribution is -2.42. The Bertz CT molecular complexity index is 248. The van der Waals surface area contributed by atoms with Gasteiger partial charge in [0.05, 0.1) is 13.2 Å². The van der Waals surface area contributed by atoms with Crippen LogP contribution in [0, 0.1) is 0 Å². The Labute approximate surface area is 89.3 Å². The van der Waals surface area contributed by atoms with Crippen molar-refractivity contribution in [1.82, 2.24) is 0 Å². The maximum atomic E-state index is 11.1. The summed E-state index contributed by atoms with van der Waals surface area (Å²) in [6, 6.07) is 0. The van der Waals surface area contributed by atoms with Gasteiger partial charge in [-0.3, -0.25) is 0 Å². The highest BCUT2D eigenvalue weighted by molar-refractivity contribution is 5.88. The molecule has 0 spiro atoms. The second-order valence-corrected chi connectivity index (χ2v) is 3.14. The lowest BCUT2D eigenvalue weighted by Gasteiger charge is -2.29. The van der Waals surface area contributed by atoms with Crippen LogP contribution in [0.3, 0.4) is 0 Å². The molecule has 5 nitrogen and oxygen atoms in total. The van der Waals surface area contributed by atoms with Gasteiger partial charge in [-0.15, -0.1) is 0 Å². The zero-order chi connectivity index (χ0) is 10.7. The Morgan fingerprint density at radius 1 is 1.47 bits per heavy atom. The van der Waals surface area contributed by atoms with Gasteiger partial charge < -0.3 is 19.7 Å². The molecule has 1 rings (SSSR count). The van der Waals surface area contributed by atoms with E-state index in [-0.39, 0.29) is 13.8 Å². The van der Waals surface area contributed by atoms with Crippen LogP contribution in [-0.2, 0) is 14.3 Å². The fraction of sp³-hybridized carbons (Fsp3) is 0.700. The van der Waals surface area contributed by atoms with Crippen LogP contribution in [0.5, 0.6) is 0 Å². The monoisotopic (exact) mass is 218 g/mol. The first-order chi connectivity index (χ1) is 6.60. The number of ether oxygens (including phenoxy) is 2. The molecule has 1 aliphatic carbocycles. The SMILES string of the molecule is C.COC(=O)C1=CC(O)C(O)C(OC)C1. The molecule has 88 valence electrons. The van der Waals surface area contributed by atoms with Crippen molar-refractivity contribution in [2.75, 3.05) is 14.2 Å². The molecule has 0 saturated carbocycles. The van der Waals surface area contributed by atoms with E-state index in [1.807, 2.05) is 0 Å².